The summed E-state index contributed by atoms with van der Waals surface area (Å²) in [7, 11) is 0.493. The summed E-state index contributed by atoms with van der Waals surface area (Å²) in [5.74, 6) is -1.28. The summed E-state index contributed by atoms with van der Waals surface area (Å²) in [6.45, 7) is 2.69. The number of piperidine rings is 1. The van der Waals surface area contributed by atoms with Crippen LogP contribution >= 0.6 is 11.6 Å². The van der Waals surface area contributed by atoms with Crippen LogP contribution in [0.15, 0.2) is 23.1 Å². The molecule has 0 N–H and O–H groups in total. The lowest BCUT2D eigenvalue weighted by Crippen LogP contribution is -2.45. The highest BCUT2D eigenvalue weighted by atomic mass is 35.5. The van der Waals surface area contributed by atoms with E-state index in [0.717, 1.165) is 4.31 Å². The highest BCUT2D eigenvalue weighted by Crippen LogP contribution is 2.24. The van der Waals surface area contributed by atoms with Crippen LogP contribution in [-0.2, 0) is 24.3 Å². The average Bonchev–Trinajstić information content (AvgIpc) is 2.73. The molecule has 0 atom stereocenters. The Morgan fingerprint density at radius 3 is 2.32 bits per heavy atom. The summed E-state index contributed by atoms with van der Waals surface area (Å²) in [6.07, 6.45) is 1.02. The van der Waals surface area contributed by atoms with Crippen molar-refractivity contribution in [3.8, 4) is 0 Å². The lowest BCUT2D eigenvalue weighted by Gasteiger charge is -2.32. The molecule has 1 aliphatic rings. The molecule has 0 aromatic heterocycles. The third kappa shape index (κ3) is 5.96. The van der Waals surface area contributed by atoms with Crippen molar-refractivity contribution >= 4 is 39.4 Å². The van der Waals surface area contributed by atoms with E-state index in [1.807, 2.05) is 0 Å². The number of hydrogen-bond donors (Lipinski definition) is 0. The largest absolute Gasteiger partial charge is 0.466 e. The van der Waals surface area contributed by atoms with Crippen molar-refractivity contribution in [3.63, 3.8) is 0 Å². The van der Waals surface area contributed by atoms with Crippen molar-refractivity contribution in [1.29, 1.82) is 0 Å². The summed E-state index contributed by atoms with van der Waals surface area (Å²) in [5.41, 5.74) is 0.000843. The van der Waals surface area contributed by atoms with E-state index in [2.05, 4.69) is 0 Å². The van der Waals surface area contributed by atoms with Crippen LogP contribution in [0.2, 0.25) is 5.02 Å². The molecule has 1 aromatic carbocycles. The molecular formula is C20H28ClN3O6S. The van der Waals surface area contributed by atoms with E-state index >= 15 is 0 Å². The monoisotopic (exact) mass is 473 g/mol. The molecule has 0 spiro atoms. The predicted molar refractivity (Wildman–Crippen MR) is 115 cm³/mol. The summed E-state index contributed by atoms with van der Waals surface area (Å²) < 4.78 is 30.8. The van der Waals surface area contributed by atoms with E-state index < -0.39 is 15.9 Å². The Morgan fingerprint density at radius 2 is 1.77 bits per heavy atom. The summed E-state index contributed by atoms with van der Waals surface area (Å²) in [4.78, 5) is 40.1. The second-order valence-electron chi connectivity index (χ2n) is 7.50. The van der Waals surface area contributed by atoms with Gasteiger partial charge in [-0.3, -0.25) is 14.4 Å². The zero-order chi connectivity index (χ0) is 23.3. The lowest BCUT2D eigenvalue weighted by molar-refractivity contribution is -0.151. The molecule has 1 heterocycles. The Hall–Kier alpha value is -2.17. The first kappa shape index (κ1) is 25.1. The van der Waals surface area contributed by atoms with Crippen LogP contribution in [0, 0.1) is 5.92 Å². The van der Waals surface area contributed by atoms with Crippen LogP contribution in [0.25, 0.3) is 0 Å². The maximum atomic E-state index is 12.8. The van der Waals surface area contributed by atoms with Gasteiger partial charge in [-0.2, -0.15) is 0 Å². The number of esters is 1. The maximum Gasteiger partial charge on any atom is 0.309 e. The van der Waals surface area contributed by atoms with E-state index in [4.69, 9.17) is 16.3 Å². The Labute approximate surface area is 187 Å². The normalized spacial score (nSPS) is 15.1. The number of benzene rings is 1. The molecule has 2 rings (SSSR count). The van der Waals surface area contributed by atoms with Crippen molar-refractivity contribution in [2.45, 2.75) is 24.7 Å². The maximum absolute atomic E-state index is 12.8. The van der Waals surface area contributed by atoms with Crippen LogP contribution in [0.3, 0.4) is 0 Å². The number of sulfonamides is 1. The van der Waals surface area contributed by atoms with Gasteiger partial charge in [-0.15, -0.1) is 0 Å². The number of likely N-dealkylation sites (tertiary alicyclic amines) is 1. The van der Waals surface area contributed by atoms with Gasteiger partial charge >= 0.3 is 5.97 Å². The Bertz CT molecular complexity index is 942. The number of rotatable bonds is 7. The number of carbonyl (C=O) groups excluding carboxylic acids is 3. The quantitative estimate of drug-likeness (QED) is 0.555. The fraction of sp³-hybridized carbons (Fsp3) is 0.550. The van der Waals surface area contributed by atoms with Gasteiger partial charge in [0.2, 0.25) is 15.9 Å². The third-order valence-electron chi connectivity index (χ3n) is 5.13. The minimum atomic E-state index is -3.74. The van der Waals surface area contributed by atoms with Gasteiger partial charge in [-0.1, -0.05) is 11.6 Å². The van der Waals surface area contributed by atoms with E-state index in [-0.39, 0.29) is 39.8 Å². The van der Waals surface area contributed by atoms with Crippen molar-refractivity contribution in [3.05, 3.63) is 28.8 Å². The highest BCUT2D eigenvalue weighted by Gasteiger charge is 2.29. The van der Waals surface area contributed by atoms with Crippen LogP contribution in [0.5, 0.6) is 0 Å². The molecule has 9 nitrogen and oxygen atoms in total. The Morgan fingerprint density at radius 1 is 1.16 bits per heavy atom. The van der Waals surface area contributed by atoms with Gasteiger partial charge in [0, 0.05) is 34.2 Å². The smallest absolute Gasteiger partial charge is 0.309 e. The molecule has 0 aliphatic carbocycles. The van der Waals surface area contributed by atoms with Gasteiger partial charge in [0.05, 0.1) is 34.6 Å². The molecule has 1 aliphatic heterocycles. The summed E-state index contributed by atoms with van der Waals surface area (Å²) in [6, 6.07) is 3.89. The number of amides is 2. The van der Waals surface area contributed by atoms with Crippen LogP contribution in [-0.4, -0.2) is 87.7 Å². The van der Waals surface area contributed by atoms with Crippen molar-refractivity contribution in [1.82, 2.24) is 14.1 Å². The number of halogens is 1. The van der Waals surface area contributed by atoms with Crippen LogP contribution in [0.4, 0.5) is 0 Å². The molecule has 2 amide bonds. The first-order chi connectivity index (χ1) is 14.5. The minimum absolute atomic E-state index is 0.000843. The fourth-order valence-electron chi connectivity index (χ4n) is 3.24. The molecule has 0 radical (unpaired) electrons. The van der Waals surface area contributed by atoms with Crippen molar-refractivity contribution in [2.75, 3.05) is 47.4 Å². The molecule has 172 valence electrons. The number of ether oxygens (including phenoxy) is 1. The van der Waals surface area contributed by atoms with Crippen molar-refractivity contribution in [2.24, 2.45) is 5.92 Å². The zero-order valence-corrected chi connectivity index (χ0v) is 19.7. The molecule has 0 bridgehead atoms. The van der Waals surface area contributed by atoms with E-state index in [9.17, 15) is 22.8 Å². The third-order valence-corrected chi connectivity index (χ3v) is 7.27. The first-order valence-electron chi connectivity index (χ1n) is 9.91. The van der Waals surface area contributed by atoms with Gasteiger partial charge in [0.1, 0.15) is 0 Å². The molecule has 1 fully saturated rings. The van der Waals surface area contributed by atoms with Crippen LogP contribution < -0.4 is 0 Å². The summed E-state index contributed by atoms with van der Waals surface area (Å²) in [5, 5.41) is 0.0947. The SMILES string of the molecule is CCOC(=O)C1CCN(C(=O)CN(C)C(=O)c2cc(S(=O)(=O)N(C)C)ccc2Cl)CC1. The lowest BCUT2D eigenvalue weighted by atomic mass is 9.97. The van der Waals surface area contributed by atoms with E-state index in [0.29, 0.717) is 32.5 Å². The molecule has 0 unspecified atom stereocenters. The zero-order valence-electron chi connectivity index (χ0n) is 18.1. The van der Waals surface area contributed by atoms with Gasteiger partial charge in [-0.25, -0.2) is 12.7 Å². The molecule has 1 saturated heterocycles. The van der Waals surface area contributed by atoms with Gasteiger partial charge in [0.25, 0.3) is 5.91 Å². The molecular weight excluding hydrogens is 446 g/mol. The average molecular weight is 474 g/mol. The molecule has 0 saturated carbocycles. The second kappa shape index (κ2) is 10.4. The van der Waals surface area contributed by atoms with Crippen LogP contribution in [0.1, 0.15) is 30.1 Å². The van der Waals surface area contributed by atoms with Crippen molar-refractivity contribution < 1.29 is 27.5 Å². The highest BCUT2D eigenvalue weighted by molar-refractivity contribution is 7.89. The molecule has 11 heteroatoms. The first-order valence-corrected chi connectivity index (χ1v) is 11.7. The summed E-state index contributed by atoms with van der Waals surface area (Å²) >= 11 is 6.13. The Balaban J connectivity index is 2.05. The topological polar surface area (TPSA) is 104 Å². The standard InChI is InChI=1S/C20H28ClN3O6S/c1-5-30-20(27)14-8-10-24(11-9-14)18(25)13-23(4)19(26)16-12-15(6-7-17(16)21)31(28,29)22(2)3/h6-7,12,14H,5,8-11,13H2,1-4H3. The number of carbonyl (C=O) groups is 3. The minimum Gasteiger partial charge on any atom is -0.466 e. The number of hydrogen-bond acceptors (Lipinski definition) is 6. The van der Waals surface area contributed by atoms with E-state index in [1.165, 1.54) is 44.2 Å². The van der Waals surface area contributed by atoms with Gasteiger partial charge in [-0.05, 0) is 38.0 Å². The van der Waals surface area contributed by atoms with Gasteiger partial charge in [0.15, 0.2) is 0 Å². The predicted octanol–water partition coefficient (Wildman–Crippen LogP) is 1.46. The number of nitrogens with zero attached hydrogens (tertiary/aromatic N) is 3. The van der Waals surface area contributed by atoms with Gasteiger partial charge < -0.3 is 14.5 Å². The fourth-order valence-corrected chi connectivity index (χ4v) is 4.37. The molecule has 31 heavy (non-hydrogen) atoms. The van der Waals surface area contributed by atoms with E-state index in [1.54, 1.807) is 11.8 Å². The Kier molecular flexibility index (Phi) is 8.44. The number of likely N-dealkylation sites (N-methyl/N-ethyl adjacent to an activating group) is 1. The second-order valence-corrected chi connectivity index (χ2v) is 10.1. The molecule has 1 aromatic rings.